The van der Waals surface area contributed by atoms with Gasteiger partial charge in [-0.3, -0.25) is 10.9 Å². The van der Waals surface area contributed by atoms with E-state index in [0.29, 0.717) is 30.2 Å². The van der Waals surface area contributed by atoms with Crippen LogP contribution < -0.4 is 16.3 Å². The highest BCUT2D eigenvalue weighted by atomic mass is 15.7. The molecular weight excluding hydrogens is 275 g/mol. The van der Waals surface area contributed by atoms with Gasteiger partial charge in [-0.05, 0) is 60.5 Å². The van der Waals surface area contributed by atoms with Crippen LogP contribution in [0.1, 0.15) is 54.4 Å². The zero-order valence-corrected chi connectivity index (χ0v) is 14.8. The maximum Gasteiger partial charge on any atom is 0.481 e. The quantitative estimate of drug-likeness (QED) is 0.678. The van der Waals surface area contributed by atoms with Crippen molar-refractivity contribution >= 4 is 7.12 Å². The predicted molar refractivity (Wildman–Crippen MR) is 91.0 cm³/mol. The number of nitrogens with zero attached hydrogens (tertiary/aromatic N) is 3. The fourth-order valence-corrected chi connectivity index (χ4v) is 4.14. The average Bonchev–Trinajstić information content (AvgIpc) is 3.02. The third kappa shape index (κ3) is 2.93. The van der Waals surface area contributed by atoms with Crippen molar-refractivity contribution in [3.63, 3.8) is 0 Å². The molecule has 0 spiro atoms. The summed E-state index contributed by atoms with van der Waals surface area (Å²) in [5.41, 5.74) is 12.2. The van der Waals surface area contributed by atoms with Crippen LogP contribution in [0.3, 0.4) is 0 Å². The van der Waals surface area contributed by atoms with E-state index in [1.165, 1.54) is 18.5 Å². The van der Waals surface area contributed by atoms with E-state index in [4.69, 9.17) is 0 Å². The number of hydrogen-bond donors (Lipinski definition) is 3. The molecule has 124 valence electrons. The molecule has 0 radical (unpaired) electrons. The lowest BCUT2D eigenvalue weighted by Crippen LogP contribution is -2.71. The first-order chi connectivity index (χ1) is 10.4. The molecule has 3 heterocycles. The van der Waals surface area contributed by atoms with Crippen LogP contribution >= 0.6 is 0 Å². The molecule has 0 aromatic rings. The van der Waals surface area contributed by atoms with E-state index in [9.17, 15) is 0 Å². The first-order valence-electron chi connectivity index (χ1n) is 8.69. The fraction of sp³-hybridized carbons (Fsp3) is 0.867. The zero-order valence-electron chi connectivity index (χ0n) is 14.8. The van der Waals surface area contributed by atoms with E-state index < -0.39 is 0 Å². The van der Waals surface area contributed by atoms with Gasteiger partial charge in [0, 0.05) is 35.9 Å². The number of nitrogens with one attached hydrogen (secondary N) is 3. The number of hydrogen-bond acceptors (Lipinski definition) is 6. The lowest BCUT2D eigenvalue weighted by Gasteiger charge is -2.42. The average molecular weight is 306 g/mol. The molecule has 0 saturated carbocycles. The van der Waals surface area contributed by atoms with Gasteiger partial charge in [-0.2, -0.15) is 0 Å². The molecule has 0 bridgehead atoms. The zero-order chi connectivity index (χ0) is 16.0. The Balaban J connectivity index is 1.87. The summed E-state index contributed by atoms with van der Waals surface area (Å²) in [6.07, 6.45) is 4.65. The second-order valence-corrected chi connectivity index (χ2v) is 7.49. The molecule has 2 fully saturated rings. The van der Waals surface area contributed by atoms with Crippen LogP contribution in [-0.2, 0) is 0 Å². The van der Waals surface area contributed by atoms with Gasteiger partial charge in [0.2, 0.25) is 0 Å². The van der Waals surface area contributed by atoms with Gasteiger partial charge in [0.1, 0.15) is 0 Å². The van der Waals surface area contributed by atoms with Crippen LogP contribution in [0.5, 0.6) is 0 Å². The van der Waals surface area contributed by atoms with E-state index in [0.717, 1.165) is 0 Å². The summed E-state index contributed by atoms with van der Waals surface area (Å²) in [6.45, 7) is 13.5. The Morgan fingerprint density at radius 1 is 0.909 bits per heavy atom. The third-order valence-corrected chi connectivity index (χ3v) is 5.02. The second-order valence-electron chi connectivity index (χ2n) is 7.49. The van der Waals surface area contributed by atoms with E-state index in [2.05, 4.69) is 78.7 Å². The Bertz CT molecular complexity index is 420. The molecule has 3 aliphatic heterocycles. The Labute approximate surface area is 135 Å². The van der Waals surface area contributed by atoms with Crippen LogP contribution in [0.2, 0.25) is 0 Å². The monoisotopic (exact) mass is 306 g/mol. The highest BCUT2D eigenvalue weighted by Gasteiger charge is 2.49. The molecule has 5 atom stereocenters. The smallest absolute Gasteiger partial charge is 0.322 e. The molecule has 7 heteroatoms. The van der Waals surface area contributed by atoms with Crippen molar-refractivity contribution in [2.24, 2.45) is 0 Å². The van der Waals surface area contributed by atoms with Crippen molar-refractivity contribution in [1.82, 2.24) is 31.0 Å². The van der Waals surface area contributed by atoms with Crippen LogP contribution in [-0.4, -0.2) is 52.1 Å². The molecule has 5 unspecified atom stereocenters. The molecular formula is C15H31BN6. The SMILES string of the molecule is CC1=CC(C)NN1B(N1NC(C)CC1C)N1NC(C)CC1C. The van der Waals surface area contributed by atoms with Crippen molar-refractivity contribution in [2.45, 2.75) is 84.6 Å². The maximum atomic E-state index is 3.67. The fourth-order valence-electron chi connectivity index (χ4n) is 4.14. The summed E-state index contributed by atoms with van der Waals surface area (Å²) in [5, 5.41) is 0. The summed E-state index contributed by atoms with van der Waals surface area (Å²) < 4.78 is 0. The summed E-state index contributed by atoms with van der Waals surface area (Å²) in [4.78, 5) is 7.14. The van der Waals surface area contributed by atoms with Crippen molar-refractivity contribution in [3.8, 4) is 0 Å². The number of rotatable bonds is 3. The van der Waals surface area contributed by atoms with Crippen molar-refractivity contribution in [1.29, 1.82) is 0 Å². The molecule has 3 aliphatic rings. The minimum Gasteiger partial charge on any atom is -0.322 e. The van der Waals surface area contributed by atoms with Gasteiger partial charge < -0.3 is 4.92 Å². The molecule has 3 rings (SSSR count). The van der Waals surface area contributed by atoms with Crippen LogP contribution in [0.15, 0.2) is 11.8 Å². The van der Waals surface area contributed by atoms with Gasteiger partial charge in [-0.25, -0.2) is 15.3 Å². The van der Waals surface area contributed by atoms with Crippen LogP contribution in [0.4, 0.5) is 0 Å². The largest absolute Gasteiger partial charge is 0.481 e. The Kier molecular flexibility index (Phi) is 4.53. The first-order valence-corrected chi connectivity index (χ1v) is 8.69. The van der Waals surface area contributed by atoms with Crippen LogP contribution in [0.25, 0.3) is 0 Å². The van der Waals surface area contributed by atoms with Gasteiger partial charge in [-0.1, -0.05) is 0 Å². The molecule has 3 N–H and O–H groups in total. The molecule has 6 nitrogen and oxygen atoms in total. The Hall–Kier alpha value is -0.595. The summed E-state index contributed by atoms with van der Waals surface area (Å²) in [6, 6.07) is 2.45. The highest BCUT2D eigenvalue weighted by molar-refractivity contribution is 6.50. The number of allylic oxidation sites excluding steroid dienone is 1. The molecule has 0 aliphatic carbocycles. The topological polar surface area (TPSA) is 45.8 Å². The van der Waals surface area contributed by atoms with Gasteiger partial charge in [0.15, 0.2) is 0 Å². The van der Waals surface area contributed by atoms with E-state index >= 15 is 0 Å². The molecule has 22 heavy (non-hydrogen) atoms. The highest BCUT2D eigenvalue weighted by Crippen LogP contribution is 2.26. The molecule has 2 saturated heterocycles. The van der Waals surface area contributed by atoms with Gasteiger partial charge in [-0.15, -0.1) is 0 Å². The minimum atomic E-state index is 0.140. The molecule has 0 aromatic carbocycles. The third-order valence-electron chi connectivity index (χ3n) is 5.02. The van der Waals surface area contributed by atoms with Gasteiger partial charge in [0.05, 0.1) is 0 Å². The lowest BCUT2D eigenvalue weighted by atomic mass is 9.85. The van der Waals surface area contributed by atoms with Crippen molar-refractivity contribution in [2.75, 3.05) is 0 Å². The predicted octanol–water partition coefficient (Wildman–Crippen LogP) is 1.06. The van der Waals surface area contributed by atoms with Crippen molar-refractivity contribution in [3.05, 3.63) is 11.8 Å². The second kappa shape index (κ2) is 6.13. The van der Waals surface area contributed by atoms with Crippen molar-refractivity contribution < 1.29 is 0 Å². The minimum absolute atomic E-state index is 0.140. The standard InChI is InChI=1S/C15H31BN6/c1-10-7-13(4)20(17-10)16(21-14(5)8-11(2)18-21)22-15(6)9-12(3)19-22/h7,10-12,14-15,17-19H,8-9H2,1-6H3. The lowest BCUT2D eigenvalue weighted by molar-refractivity contribution is 0.187. The molecule has 0 aromatic heterocycles. The van der Waals surface area contributed by atoms with Crippen LogP contribution in [0, 0.1) is 0 Å². The summed E-state index contributed by atoms with van der Waals surface area (Å²) >= 11 is 0. The van der Waals surface area contributed by atoms with Gasteiger partial charge >= 0.3 is 7.12 Å². The first kappa shape index (κ1) is 16.3. The van der Waals surface area contributed by atoms with E-state index in [-0.39, 0.29) is 7.12 Å². The summed E-state index contributed by atoms with van der Waals surface area (Å²) in [7, 11) is 0.140. The summed E-state index contributed by atoms with van der Waals surface area (Å²) in [5.74, 6) is 0. The molecule has 0 amide bonds. The number of hydrazine groups is 3. The Morgan fingerprint density at radius 2 is 1.41 bits per heavy atom. The van der Waals surface area contributed by atoms with E-state index in [1.807, 2.05) is 0 Å². The van der Waals surface area contributed by atoms with Gasteiger partial charge in [0.25, 0.3) is 0 Å². The Morgan fingerprint density at radius 3 is 1.73 bits per heavy atom. The van der Waals surface area contributed by atoms with E-state index in [1.54, 1.807) is 0 Å². The normalized spacial score (nSPS) is 40.5. The maximum absolute atomic E-state index is 3.67.